The molecule has 0 fully saturated rings. The quantitative estimate of drug-likeness (QED) is 0.359. The number of pyridine rings is 1. The molecule has 5 rings (SSSR count). The molecular weight excluding hydrogens is 489 g/mol. The molecule has 38 heavy (non-hydrogen) atoms. The van der Waals surface area contributed by atoms with Crippen LogP contribution in [0.1, 0.15) is 33.5 Å². The number of amides is 2. The van der Waals surface area contributed by atoms with Gasteiger partial charge in [0, 0.05) is 30.7 Å². The minimum absolute atomic E-state index is 0.140. The lowest BCUT2D eigenvalue weighted by Gasteiger charge is -2.13. The van der Waals surface area contributed by atoms with Crippen molar-refractivity contribution in [3.8, 4) is 17.1 Å². The highest BCUT2D eigenvalue weighted by Gasteiger charge is 2.20. The molecule has 0 aliphatic rings. The van der Waals surface area contributed by atoms with E-state index in [-0.39, 0.29) is 16.9 Å². The number of para-hydroxylation sites is 1. The minimum atomic E-state index is -0.923. The second kappa shape index (κ2) is 9.43. The molecule has 0 radical (unpaired) electrons. The Morgan fingerprint density at radius 1 is 1.08 bits per heavy atom. The Morgan fingerprint density at radius 2 is 1.82 bits per heavy atom. The molecule has 3 aromatic heterocycles. The van der Waals surface area contributed by atoms with Crippen molar-refractivity contribution in [1.82, 2.24) is 23.9 Å². The number of hydrogen-bond donors (Lipinski definition) is 2. The molecule has 0 bridgehead atoms. The SMILES string of the molecule is CCn1c(-c2ccc(-n3c(C)nn(C)c3=O)nc2)cc2cccc(C(=O)Nc3cccc(C(N)=O)c3F)c21. The summed E-state index contributed by atoms with van der Waals surface area (Å²) in [7, 11) is 1.58. The van der Waals surface area contributed by atoms with E-state index in [9.17, 15) is 18.8 Å². The third-order valence-electron chi connectivity index (χ3n) is 6.35. The largest absolute Gasteiger partial charge is 0.366 e. The number of carbonyl (C=O) groups is 2. The van der Waals surface area contributed by atoms with Gasteiger partial charge in [0.1, 0.15) is 11.6 Å². The van der Waals surface area contributed by atoms with E-state index >= 15 is 0 Å². The monoisotopic (exact) mass is 513 g/mol. The number of aromatic nitrogens is 5. The maximum absolute atomic E-state index is 14.7. The Hall–Kier alpha value is -5.06. The van der Waals surface area contributed by atoms with Crippen molar-refractivity contribution in [3.63, 3.8) is 0 Å². The average molecular weight is 514 g/mol. The summed E-state index contributed by atoms with van der Waals surface area (Å²) in [5.41, 5.74) is 7.10. The third-order valence-corrected chi connectivity index (χ3v) is 6.35. The van der Waals surface area contributed by atoms with Crippen molar-refractivity contribution >= 4 is 28.4 Å². The Labute approximate surface area is 216 Å². The summed E-state index contributed by atoms with van der Waals surface area (Å²) in [6.07, 6.45) is 1.67. The summed E-state index contributed by atoms with van der Waals surface area (Å²) in [5.74, 6) is -1.37. The predicted molar refractivity (Wildman–Crippen MR) is 141 cm³/mol. The van der Waals surface area contributed by atoms with Crippen LogP contribution in [-0.4, -0.2) is 35.7 Å². The molecule has 11 heteroatoms. The number of aryl methyl sites for hydroxylation is 3. The van der Waals surface area contributed by atoms with Crippen LogP contribution in [-0.2, 0) is 13.6 Å². The van der Waals surface area contributed by atoms with Gasteiger partial charge in [0.15, 0.2) is 5.82 Å². The zero-order chi connectivity index (χ0) is 27.1. The van der Waals surface area contributed by atoms with Crippen molar-refractivity contribution in [2.75, 3.05) is 5.32 Å². The van der Waals surface area contributed by atoms with Gasteiger partial charge in [-0.25, -0.2) is 23.4 Å². The molecule has 3 N–H and O–H groups in total. The predicted octanol–water partition coefficient (Wildman–Crippen LogP) is 3.41. The van der Waals surface area contributed by atoms with Crippen LogP contribution in [0.25, 0.3) is 28.0 Å². The maximum Gasteiger partial charge on any atom is 0.351 e. The first-order chi connectivity index (χ1) is 18.2. The fraction of sp³-hybridized carbons (Fsp3) is 0.148. The fourth-order valence-corrected chi connectivity index (χ4v) is 4.61. The summed E-state index contributed by atoms with van der Waals surface area (Å²) in [5, 5.41) is 7.51. The van der Waals surface area contributed by atoms with Crippen LogP contribution in [0.4, 0.5) is 10.1 Å². The molecule has 0 aliphatic heterocycles. The number of nitrogens with zero attached hydrogens (tertiary/aromatic N) is 5. The van der Waals surface area contributed by atoms with E-state index < -0.39 is 17.6 Å². The summed E-state index contributed by atoms with van der Waals surface area (Å²) in [6, 6.07) is 14.9. The van der Waals surface area contributed by atoms with Gasteiger partial charge in [-0.3, -0.25) is 9.59 Å². The molecule has 0 aliphatic carbocycles. The molecule has 0 spiro atoms. The van der Waals surface area contributed by atoms with Crippen LogP contribution in [0, 0.1) is 12.7 Å². The molecule has 0 atom stereocenters. The summed E-state index contributed by atoms with van der Waals surface area (Å²) in [6.45, 7) is 4.22. The highest BCUT2D eigenvalue weighted by molar-refractivity contribution is 6.13. The molecule has 2 aromatic carbocycles. The Bertz CT molecular complexity index is 1780. The number of anilines is 1. The maximum atomic E-state index is 14.7. The van der Waals surface area contributed by atoms with Gasteiger partial charge in [-0.2, -0.15) is 5.10 Å². The molecule has 0 saturated carbocycles. The zero-order valence-corrected chi connectivity index (χ0v) is 20.9. The third kappa shape index (κ3) is 4.03. The highest BCUT2D eigenvalue weighted by Crippen LogP contribution is 2.31. The average Bonchev–Trinajstić information content (AvgIpc) is 3.40. The first-order valence-corrected chi connectivity index (χ1v) is 11.8. The summed E-state index contributed by atoms with van der Waals surface area (Å²) < 4.78 is 19.4. The molecule has 0 saturated heterocycles. The lowest BCUT2D eigenvalue weighted by Crippen LogP contribution is -2.22. The number of benzene rings is 2. The first-order valence-electron chi connectivity index (χ1n) is 11.8. The van der Waals surface area contributed by atoms with Crippen molar-refractivity contribution in [3.05, 3.63) is 94.0 Å². The van der Waals surface area contributed by atoms with Crippen LogP contribution in [0.5, 0.6) is 0 Å². The van der Waals surface area contributed by atoms with Gasteiger partial charge in [-0.05, 0) is 50.2 Å². The van der Waals surface area contributed by atoms with Gasteiger partial charge in [-0.1, -0.05) is 18.2 Å². The Kier molecular flexibility index (Phi) is 6.11. The number of primary amides is 1. The van der Waals surface area contributed by atoms with Crippen molar-refractivity contribution in [1.29, 1.82) is 0 Å². The first kappa shape index (κ1) is 24.6. The van der Waals surface area contributed by atoms with Crippen molar-refractivity contribution in [2.24, 2.45) is 12.8 Å². The van der Waals surface area contributed by atoms with Crippen molar-refractivity contribution < 1.29 is 14.0 Å². The molecule has 192 valence electrons. The van der Waals surface area contributed by atoms with Crippen LogP contribution in [0.2, 0.25) is 0 Å². The normalized spacial score (nSPS) is 11.2. The van der Waals surface area contributed by atoms with Crippen LogP contribution in [0.3, 0.4) is 0 Å². The standard InChI is InChI=1S/C27H24FN7O3/c1-4-34-21(17-11-12-22(30-14-17)35-15(2)32-33(3)27(35)38)13-16-7-5-9-19(24(16)34)26(37)31-20-10-6-8-18(23(20)28)25(29)36/h5-14H,4H2,1-3H3,(H2,29,36)(H,31,37). The molecule has 5 aromatic rings. The lowest BCUT2D eigenvalue weighted by atomic mass is 10.1. The molecule has 3 heterocycles. The van der Waals surface area contributed by atoms with E-state index in [4.69, 9.17) is 5.73 Å². The molecule has 10 nitrogen and oxygen atoms in total. The zero-order valence-electron chi connectivity index (χ0n) is 20.9. The van der Waals surface area contributed by atoms with Crippen LogP contribution >= 0.6 is 0 Å². The Morgan fingerprint density at radius 3 is 2.45 bits per heavy atom. The number of halogens is 1. The van der Waals surface area contributed by atoms with Gasteiger partial charge in [-0.15, -0.1) is 0 Å². The summed E-state index contributed by atoms with van der Waals surface area (Å²) >= 11 is 0. The number of hydrogen-bond acceptors (Lipinski definition) is 5. The number of fused-ring (bicyclic) bond motifs is 1. The number of nitrogens with two attached hydrogens (primary N) is 1. The van der Waals surface area contributed by atoms with E-state index in [1.54, 1.807) is 38.4 Å². The van der Waals surface area contributed by atoms with E-state index in [1.807, 2.05) is 29.7 Å². The van der Waals surface area contributed by atoms with E-state index in [2.05, 4.69) is 15.4 Å². The highest BCUT2D eigenvalue weighted by atomic mass is 19.1. The van der Waals surface area contributed by atoms with E-state index in [0.717, 1.165) is 16.6 Å². The molecule has 2 amide bonds. The second-order valence-corrected chi connectivity index (χ2v) is 8.70. The van der Waals surface area contributed by atoms with Gasteiger partial charge >= 0.3 is 5.69 Å². The van der Waals surface area contributed by atoms with E-state index in [0.29, 0.717) is 29.3 Å². The number of rotatable bonds is 6. The fourth-order valence-electron chi connectivity index (χ4n) is 4.61. The number of nitrogens with one attached hydrogen (secondary N) is 1. The second-order valence-electron chi connectivity index (χ2n) is 8.70. The van der Waals surface area contributed by atoms with Crippen LogP contribution in [0.15, 0.2) is 65.6 Å². The van der Waals surface area contributed by atoms with Gasteiger partial charge in [0.05, 0.1) is 28.0 Å². The molecular formula is C27H24FN7O3. The van der Waals surface area contributed by atoms with Crippen molar-refractivity contribution in [2.45, 2.75) is 20.4 Å². The van der Waals surface area contributed by atoms with E-state index in [1.165, 1.54) is 27.4 Å². The van der Waals surface area contributed by atoms with Gasteiger partial charge in [0.2, 0.25) is 0 Å². The topological polar surface area (TPSA) is 130 Å². The van der Waals surface area contributed by atoms with Gasteiger partial charge in [0.25, 0.3) is 11.8 Å². The lowest BCUT2D eigenvalue weighted by molar-refractivity contribution is 0.0992. The van der Waals surface area contributed by atoms with Gasteiger partial charge < -0.3 is 15.6 Å². The van der Waals surface area contributed by atoms with Crippen LogP contribution < -0.4 is 16.7 Å². The minimum Gasteiger partial charge on any atom is -0.366 e. The number of carbonyl (C=O) groups excluding carboxylic acids is 2. The smallest absolute Gasteiger partial charge is 0.351 e. The Balaban J connectivity index is 1.55. The summed E-state index contributed by atoms with van der Waals surface area (Å²) in [4.78, 5) is 41.7. The molecule has 0 unspecified atom stereocenters.